The quantitative estimate of drug-likeness (QED) is 0.782. The Kier molecular flexibility index (Phi) is 7.15. The molecule has 116 valence electrons. The van der Waals surface area contributed by atoms with Gasteiger partial charge in [-0.3, -0.25) is 14.5 Å². The van der Waals surface area contributed by atoms with E-state index in [1.807, 2.05) is 20.8 Å². The van der Waals surface area contributed by atoms with E-state index in [2.05, 4.69) is 5.32 Å². The van der Waals surface area contributed by atoms with Gasteiger partial charge in [0.1, 0.15) is 0 Å². The molecule has 0 saturated carbocycles. The van der Waals surface area contributed by atoms with Gasteiger partial charge in [0.2, 0.25) is 5.91 Å². The summed E-state index contributed by atoms with van der Waals surface area (Å²) in [4.78, 5) is 25.8. The van der Waals surface area contributed by atoms with Crippen molar-refractivity contribution in [1.29, 1.82) is 0 Å². The molecule has 21 heavy (non-hydrogen) atoms. The van der Waals surface area contributed by atoms with Crippen molar-refractivity contribution < 1.29 is 9.59 Å². The van der Waals surface area contributed by atoms with Crippen LogP contribution in [0.5, 0.6) is 0 Å². The molecule has 1 rings (SSSR count). The average Bonchev–Trinajstić information content (AvgIpc) is 2.39. The highest BCUT2D eigenvalue weighted by atomic mass is 35.5. The summed E-state index contributed by atoms with van der Waals surface area (Å²) in [5.74, 6) is -0.251. The van der Waals surface area contributed by atoms with E-state index >= 15 is 0 Å². The fourth-order valence-electron chi connectivity index (χ4n) is 1.85. The third-order valence-corrected chi connectivity index (χ3v) is 3.42. The lowest BCUT2D eigenvalue weighted by Crippen LogP contribution is -2.41. The first-order valence-electron chi connectivity index (χ1n) is 6.83. The summed E-state index contributed by atoms with van der Waals surface area (Å²) in [6.07, 6.45) is 0. The number of nitrogens with one attached hydrogen (secondary N) is 1. The maximum absolute atomic E-state index is 12.3. The Morgan fingerprint density at radius 1 is 1.24 bits per heavy atom. The molecule has 0 aliphatic heterocycles. The first-order chi connectivity index (χ1) is 9.83. The molecule has 0 aromatic heterocycles. The van der Waals surface area contributed by atoms with Crippen LogP contribution in [0.2, 0.25) is 10.0 Å². The lowest BCUT2D eigenvalue weighted by atomic mass is 10.1. The maximum atomic E-state index is 12.3. The predicted octanol–water partition coefficient (Wildman–Crippen LogP) is 3.02. The highest BCUT2D eigenvalue weighted by molar-refractivity contribution is 6.36. The van der Waals surface area contributed by atoms with E-state index in [-0.39, 0.29) is 30.8 Å². The van der Waals surface area contributed by atoms with Crippen molar-refractivity contribution in [2.75, 3.05) is 19.6 Å². The Morgan fingerprint density at radius 2 is 1.90 bits per heavy atom. The molecule has 0 atom stereocenters. The topological polar surface area (TPSA) is 49.4 Å². The predicted molar refractivity (Wildman–Crippen MR) is 86.2 cm³/mol. The number of hydrogen-bond donors (Lipinski definition) is 1. The van der Waals surface area contributed by atoms with Crippen LogP contribution in [-0.4, -0.2) is 42.3 Å². The molecule has 4 nitrogen and oxygen atoms in total. The van der Waals surface area contributed by atoms with E-state index in [4.69, 9.17) is 23.2 Å². The minimum absolute atomic E-state index is 0.0780. The lowest BCUT2D eigenvalue weighted by molar-refractivity contribution is -0.122. The van der Waals surface area contributed by atoms with Gasteiger partial charge in [-0.2, -0.15) is 0 Å². The number of likely N-dealkylation sites (N-methyl/N-ethyl adjacent to an activating group) is 1. The summed E-state index contributed by atoms with van der Waals surface area (Å²) >= 11 is 11.9. The zero-order valence-electron chi connectivity index (χ0n) is 12.5. The number of hydrogen-bond acceptors (Lipinski definition) is 3. The molecule has 1 aromatic rings. The average molecular weight is 331 g/mol. The Hall–Kier alpha value is -1.10. The number of rotatable bonds is 7. The number of nitrogens with zero attached hydrogens (tertiary/aromatic N) is 1. The highest BCUT2D eigenvalue weighted by Gasteiger charge is 2.17. The molecule has 0 unspecified atom stereocenters. The van der Waals surface area contributed by atoms with Gasteiger partial charge < -0.3 is 5.32 Å². The lowest BCUT2D eigenvalue weighted by Gasteiger charge is -2.20. The van der Waals surface area contributed by atoms with E-state index in [1.165, 1.54) is 0 Å². The van der Waals surface area contributed by atoms with Gasteiger partial charge in [-0.1, -0.05) is 30.1 Å². The fraction of sp³-hybridized carbons (Fsp3) is 0.467. The zero-order chi connectivity index (χ0) is 16.0. The van der Waals surface area contributed by atoms with Crippen LogP contribution in [0, 0.1) is 0 Å². The fourth-order valence-corrected chi connectivity index (χ4v) is 2.24. The van der Waals surface area contributed by atoms with E-state index in [0.717, 1.165) is 0 Å². The first-order valence-corrected chi connectivity index (χ1v) is 7.59. The third kappa shape index (κ3) is 6.04. The van der Waals surface area contributed by atoms with Gasteiger partial charge in [-0.15, -0.1) is 0 Å². The third-order valence-electron chi connectivity index (χ3n) is 2.86. The van der Waals surface area contributed by atoms with E-state index < -0.39 is 0 Å². The van der Waals surface area contributed by atoms with E-state index in [0.29, 0.717) is 22.2 Å². The van der Waals surface area contributed by atoms with Crippen molar-refractivity contribution in [1.82, 2.24) is 10.2 Å². The molecule has 6 heteroatoms. The molecular weight excluding hydrogens is 311 g/mol. The second-order valence-corrected chi connectivity index (χ2v) is 5.92. The Morgan fingerprint density at radius 3 is 2.48 bits per heavy atom. The Bertz CT molecular complexity index is 518. The summed E-state index contributed by atoms with van der Waals surface area (Å²) in [6.45, 7) is 6.59. The van der Waals surface area contributed by atoms with Crippen molar-refractivity contribution >= 4 is 34.9 Å². The molecule has 0 aliphatic rings. The maximum Gasteiger partial charge on any atom is 0.234 e. The van der Waals surface area contributed by atoms with Crippen LogP contribution in [0.1, 0.15) is 31.1 Å². The van der Waals surface area contributed by atoms with Crippen LogP contribution in [-0.2, 0) is 4.79 Å². The molecule has 0 radical (unpaired) electrons. The Balaban J connectivity index is 2.70. The highest BCUT2D eigenvalue weighted by Crippen LogP contribution is 2.21. The van der Waals surface area contributed by atoms with Crippen molar-refractivity contribution in [3.05, 3.63) is 33.8 Å². The second kappa shape index (κ2) is 8.37. The molecule has 0 heterocycles. The molecule has 0 saturated heterocycles. The summed E-state index contributed by atoms with van der Waals surface area (Å²) in [5, 5.41) is 3.63. The second-order valence-electron chi connectivity index (χ2n) is 5.07. The summed E-state index contributed by atoms with van der Waals surface area (Å²) in [7, 11) is 0. The molecule has 0 aliphatic carbocycles. The largest absolute Gasteiger partial charge is 0.353 e. The van der Waals surface area contributed by atoms with Crippen molar-refractivity contribution in [2.24, 2.45) is 0 Å². The van der Waals surface area contributed by atoms with Crippen LogP contribution in [0.15, 0.2) is 18.2 Å². The standard InChI is InChI=1S/C15H20Cl2N2O2/c1-4-19(9-15(21)18-10(2)3)8-14(20)12-7-11(16)5-6-13(12)17/h5-7,10H,4,8-9H2,1-3H3,(H,18,21). The molecule has 1 amide bonds. The van der Waals surface area contributed by atoms with E-state index in [1.54, 1.807) is 23.1 Å². The number of Topliss-reactive ketones (excluding diaryl/α,β-unsaturated/α-hetero) is 1. The first kappa shape index (κ1) is 18.0. The minimum atomic E-state index is -0.151. The van der Waals surface area contributed by atoms with Crippen LogP contribution in [0.25, 0.3) is 0 Å². The zero-order valence-corrected chi connectivity index (χ0v) is 14.0. The van der Waals surface area contributed by atoms with Gasteiger partial charge in [0.15, 0.2) is 5.78 Å². The normalized spacial score (nSPS) is 11.0. The van der Waals surface area contributed by atoms with Gasteiger partial charge in [-0.25, -0.2) is 0 Å². The smallest absolute Gasteiger partial charge is 0.234 e. The van der Waals surface area contributed by atoms with Crippen LogP contribution >= 0.6 is 23.2 Å². The van der Waals surface area contributed by atoms with Crippen molar-refractivity contribution in [2.45, 2.75) is 26.8 Å². The molecular formula is C15H20Cl2N2O2. The van der Waals surface area contributed by atoms with Crippen molar-refractivity contribution in [3.8, 4) is 0 Å². The monoisotopic (exact) mass is 330 g/mol. The number of amides is 1. The number of benzene rings is 1. The minimum Gasteiger partial charge on any atom is -0.353 e. The summed E-state index contributed by atoms with van der Waals surface area (Å²) in [5.41, 5.74) is 0.381. The van der Waals surface area contributed by atoms with Gasteiger partial charge >= 0.3 is 0 Å². The SMILES string of the molecule is CCN(CC(=O)NC(C)C)CC(=O)c1cc(Cl)ccc1Cl. The molecule has 0 fully saturated rings. The molecule has 1 N–H and O–H groups in total. The molecule has 0 bridgehead atoms. The summed E-state index contributed by atoms with van der Waals surface area (Å²) < 4.78 is 0. The number of ketones is 1. The van der Waals surface area contributed by atoms with Crippen LogP contribution < -0.4 is 5.32 Å². The van der Waals surface area contributed by atoms with Gasteiger partial charge in [-0.05, 0) is 38.6 Å². The van der Waals surface area contributed by atoms with Gasteiger partial charge in [0, 0.05) is 16.6 Å². The molecule has 1 aromatic carbocycles. The number of halogens is 2. The van der Waals surface area contributed by atoms with Crippen LogP contribution in [0.4, 0.5) is 0 Å². The summed E-state index contributed by atoms with van der Waals surface area (Å²) in [6, 6.07) is 4.86. The van der Waals surface area contributed by atoms with E-state index in [9.17, 15) is 9.59 Å². The molecule has 0 spiro atoms. The van der Waals surface area contributed by atoms with Crippen LogP contribution in [0.3, 0.4) is 0 Å². The Labute approximate surface area is 135 Å². The number of carbonyl (C=O) groups is 2. The van der Waals surface area contributed by atoms with Crippen molar-refractivity contribution in [3.63, 3.8) is 0 Å². The van der Waals surface area contributed by atoms with Gasteiger partial charge in [0.05, 0.1) is 18.1 Å². The van der Waals surface area contributed by atoms with Gasteiger partial charge in [0.25, 0.3) is 0 Å². The number of carbonyl (C=O) groups excluding carboxylic acids is 2.